The maximum absolute atomic E-state index is 12.5. The predicted molar refractivity (Wildman–Crippen MR) is 93.6 cm³/mol. The van der Waals surface area contributed by atoms with Gasteiger partial charge in [-0.05, 0) is 24.3 Å². The van der Waals surface area contributed by atoms with Gasteiger partial charge in [0.1, 0.15) is 23.2 Å². The number of hydrazone groups is 1. The molecule has 0 saturated carbocycles. The van der Waals surface area contributed by atoms with Crippen molar-refractivity contribution in [2.75, 3.05) is 5.43 Å². The topological polar surface area (TPSA) is 72.5 Å². The highest BCUT2D eigenvalue weighted by Crippen LogP contribution is 2.30. The van der Waals surface area contributed by atoms with Crippen LogP contribution in [0.5, 0.6) is 5.75 Å². The number of benzene rings is 2. The second-order valence-corrected chi connectivity index (χ2v) is 5.28. The van der Waals surface area contributed by atoms with Crippen molar-refractivity contribution in [3.05, 3.63) is 60.4 Å². The number of ether oxygens (including phenoxy) is 1. The van der Waals surface area contributed by atoms with Crippen molar-refractivity contribution >= 4 is 34.1 Å². The maximum atomic E-state index is 12.5. The van der Waals surface area contributed by atoms with Crippen LogP contribution in [-0.4, -0.2) is 22.8 Å². The van der Waals surface area contributed by atoms with Crippen LogP contribution in [0.3, 0.4) is 0 Å². The fraction of sp³-hybridized carbons (Fsp3) is 0.0556. The first-order valence-corrected chi connectivity index (χ1v) is 7.67. The summed E-state index contributed by atoms with van der Waals surface area (Å²) in [6.45, 7) is -2.91. The Bertz CT molecular complexity index is 1090. The smallest absolute Gasteiger partial charge is 0.387 e. The molecule has 8 heteroatoms. The average molecular weight is 354 g/mol. The first-order chi connectivity index (χ1) is 12.7. The molecule has 26 heavy (non-hydrogen) atoms. The molecule has 4 aromatic rings. The van der Waals surface area contributed by atoms with Crippen molar-refractivity contribution in [2.24, 2.45) is 5.10 Å². The van der Waals surface area contributed by atoms with Crippen LogP contribution in [0.2, 0.25) is 0 Å². The maximum Gasteiger partial charge on any atom is 0.387 e. The summed E-state index contributed by atoms with van der Waals surface area (Å²) in [5.41, 5.74) is 4.97. The molecular weight excluding hydrogens is 342 g/mol. The Morgan fingerprint density at radius 3 is 2.77 bits per heavy atom. The van der Waals surface area contributed by atoms with E-state index in [0.717, 1.165) is 5.39 Å². The van der Waals surface area contributed by atoms with Crippen molar-refractivity contribution in [1.82, 2.24) is 9.97 Å². The molecule has 4 rings (SSSR count). The Morgan fingerprint density at radius 1 is 1.08 bits per heavy atom. The summed E-state index contributed by atoms with van der Waals surface area (Å²) in [5.74, 6) is 0.402. The third-order valence-corrected chi connectivity index (χ3v) is 3.67. The van der Waals surface area contributed by atoms with E-state index in [1.807, 2.05) is 24.3 Å². The van der Waals surface area contributed by atoms with Crippen molar-refractivity contribution in [2.45, 2.75) is 6.61 Å². The number of furan rings is 1. The Labute approximate surface area is 146 Å². The van der Waals surface area contributed by atoms with Gasteiger partial charge in [-0.1, -0.05) is 24.3 Å². The second-order valence-electron chi connectivity index (χ2n) is 5.28. The zero-order valence-electron chi connectivity index (χ0n) is 13.3. The summed E-state index contributed by atoms with van der Waals surface area (Å²) >= 11 is 0. The molecule has 0 saturated heterocycles. The van der Waals surface area contributed by atoms with Crippen molar-refractivity contribution < 1.29 is 17.9 Å². The second kappa shape index (κ2) is 6.75. The Balaban J connectivity index is 1.64. The fourth-order valence-electron chi connectivity index (χ4n) is 2.56. The van der Waals surface area contributed by atoms with Gasteiger partial charge in [0.15, 0.2) is 11.4 Å². The van der Waals surface area contributed by atoms with Gasteiger partial charge in [0.05, 0.1) is 6.21 Å². The van der Waals surface area contributed by atoms with Gasteiger partial charge in [-0.2, -0.15) is 13.9 Å². The third-order valence-electron chi connectivity index (χ3n) is 3.67. The molecule has 0 amide bonds. The highest BCUT2D eigenvalue weighted by atomic mass is 19.3. The number of nitrogens with one attached hydrogen (secondary N) is 1. The SMILES string of the molecule is FC(F)Oc1ccccc1/C=N\Nc1ncnc2c1oc1ccccc12. The van der Waals surface area contributed by atoms with Crippen LogP contribution < -0.4 is 10.2 Å². The van der Waals surface area contributed by atoms with Gasteiger partial charge < -0.3 is 9.15 Å². The average Bonchev–Trinajstić information content (AvgIpc) is 3.02. The Morgan fingerprint density at radius 2 is 1.88 bits per heavy atom. The first kappa shape index (κ1) is 15.9. The number of anilines is 1. The van der Waals surface area contributed by atoms with Gasteiger partial charge >= 0.3 is 6.61 Å². The number of rotatable bonds is 5. The standard InChI is InChI=1S/C18H12F2N4O2/c19-18(20)26-13-7-3-1-5-11(13)9-23-24-17-16-15(21-10-22-17)12-6-2-4-8-14(12)25-16/h1-10,18H,(H,21,22,24)/b23-9-. The molecule has 130 valence electrons. The zero-order valence-corrected chi connectivity index (χ0v) is 13.3. The van der Waals surface area contributed by atoms with E-state index >= 15 is 0 Å². The highest BCUT2D eigenvalue weighted by Gasteiger charge is 2.12. The van der Waals surface area contributed by atoms with E-state index < -0.39 is 6.61 Å². The largest absolute Gasteiger partial charge is 0.450 e. The molecular formula is C18H12F2N4O2. The van der Waals surface area contributed by atoms with Gasteiger partial charge in [-0.25, -0.2) is 9.97 Å². The quantitative estimate of drug-likeness (QED) is 0.424. The normalized spacial score (nSPS) is 11.7. The number of aromatic nitrogens is 2. The molecule has 0 aliphatic heterocycles. The van der Waals surface area contributed by atoms with E-state index in [1.54, 1.807) is 18.2 Å². The summed E-state index contributed by atoms with van der Waals surface area (Å²) in [6, 6.07) is 13.8. The van der Waals surface area contributed by atoms with E-state index in [0.29, 0.717) is 28.1 Å². The summed E-state index contributed by atoms with van der Waals surface area (Å²) in [5, 5.41) is 4.92. The number of nitrogens with zero attached hydrogens (tertiary/aromatic N) is 3. The molecule has 0 atom stereocenters. The van der Waals surface area contributed by atoms with E-state index in [-0.39, 0.29) is 5.75 Å². The number of hydrogen-bond donors (Lipinski definition) is 1. The lowest BCUT2D eigenvalue weighted by molar-refractivity contribution is -0.0499. The summed E-state index contributed by atoms with van der Waals surface area (Å²) < 4.78 is 35.1. The Kier molecular flexibility index (Phi) is 4.14. The molecule has 0 aliphatic carbocycles. The number of fused-ring (bicyclic) bond motifs is 3. The number of hydrogen-bond acceptors (Lipinski definition) is 6. The molecule has 0 unspecified atom stereocenters. The van der Waals surface area contributed by atoms with Crippen molar-refractivity contribution in [3.63, 3.8) is 0 Å². The molecule has 2 aromatic carbocycles. The van der Waals surface area contributed by atoms with E-state index in [1.165, 1.54) is 18.6 Å². The van der Waals surface area contributed by atoms with Crippen LogP contribution in [0.25, 0.3) is 22.1 Å². The monoisotopic (exact) mass is 354 g/mol. The minimum Gasteiger partial charge on any atom is -0.450 e. The zero-order chi connectivity index (χ0) is 17.9. The van der Waals surface area contributed by atoms with Gasteiger partial charge in [0, 0.05) is 10.9 Å². The molecule has 0 radical (unpaired) electrons. The van der Waals surface area contributed by atoms with Crippen molar-refractivity contribution in [3.8, 4) is 5.75 Å². The predicted octanol–water partition coefficient (Wildman–Crippen LogP) is 4.42. The molecule has 2 aromatic heterocycles. The van der Waals surface area contributed by atoms with Gasteiger partial charge in [-0.3, -0.25) is 5.43 Å². The van der Waals surface area contributed by atoms with Crippen LogP contribution in [0.1, 0.15) is 5.56 Å². The summed E-state index contributed by atoms with van der Waals surface area (Å²) in [6.07, 6.45) is 2.77. The summed E-state index contributed by atoms with van der Waals surface area (Å²) in [4.78, 5) is 8.37. The molecule has 6 nitrogen and oxygen atoms in total. The minimum absolute atomic E-state index is 0.0321. The molecule has 0 spiro atoms. The minimum atomic E-state index is -2.91. The molecule has 0 aliphatic rings. The summed E-state index contributed by atoms with van der Waals surface area (Å²) in [7, 11) is 0. The number of halogens is 2. The highest BCUT2D eigenvalue weighted by molar-refractivity contribution is 6.05. The lowest BCUT2D eigenvalue weighted by atomic mass is 10.2. The van der Waals surface area contributed by atoms with Crippen molar-refractivity contribution in [1.29, 1.82) is 0 Å². The third kappa shape index (κ3) is 3.04. The van der Waals surface area contributed by atoms with Crippen LogP contribution in [0, 0.1) is 0 Å². The number of para-hydroxylation sites is 2. The van der Waals surface area contributed by atoms with Gasteiger partial charge in [0.2, 0.25) is 0 Å². The fourth-order valence-corrected chi connectivity index (χ4v) is 2.56. The first-order valence-electron chi connectivity index (χ1n) is 7.67. The van der Waals surface area contributed by atoms with Gasteiger partial charge in [-0.15, -0.1) is 0 Å². The van der Waals surface area contributed by atoms with Crippen LogP contribution in [-0.2, 0) is 0 Å². The van der Waals surface area contributed by atoms with E-state index in [4.69, 9.17) is 4.42 Å². The van der Waals surface area contributed by atoms with Crippen LogP contribution in [0.15, 0.2) is 64.4 Å². The Hall–Kier alpha value is -3.55. The molecule has 2 heterocycles. The lowest BCUT2D eigenvalue weighted by Gasteiger charge is -2.06. The molecule has 1 N–H and O–H groups in total. The molecule has 0 fully saturated rings. The van der Waals surface area contributed by atoms with E-state index in [9.17, 15) is 8.78 Å². The number of alkyl halides is 2. The van der Waals surface area contributed by atoms with Crippen LogP contribution in [0.4, 0.5) is 14.6 Å². The molecule has 0 bridgehead atoms. The van der Waals surface area contributed by atoms with Crippen LogP contribution >= 0.6 is 0 Å². The lowest BCUT2D eigenvalue weighted by Crippen LogP contribution is -2.04. The van der Waals surface area contributed by atoms with E-state index in [2.05, 4.69) is 25.2 Å². The van der Waals surface area contributed by atoms with Gasteiger partial charge in [0.25, 0.3) is 0 Å².